The van der Waals surface area contributed by atoms with Gasteiger partial charge in [-0.3, -0.25) is 4.18 Å². The van der Waals surface area contributed by atoms with Gasteiger partial charge in [-0.25, -0.2) is 8.42 Å². The molecule has 2 fully saturated rings. The van der Waals surface area contributed by atoms with Crippen LogP contribution in [0.5, 0.6) is 0 Å². The van der Waals surface area contributed by atoms with E-state index in [2.05, 4.69) is 0 Å². The summed E-state index contributed by atoms with van der Waals surface area (Å²) in [5.74, 6) is 0. The third kappa shape index (κ3) is 12.1. The van der Waals surface area contributed by atoms with Gasteiger partial charge in [0.2, 0.25) is 10.4 Å². The van der Waals surface area contributed by atoms with Gasteiger partial charge in [0, 0.05) is 5.56 Å². The zero-order chi connectivity index (χ0) is 39.3. The predicted molar refractivity (Wildman–Crippen MR) is 210 cm³/mol. The summed E-state index contributed by atoms with van der Waals surface area (Å²) in [7, 11) is -5.09. The monoisotopic (exact) mass is 795 g/mol. The Morgan fingerprint density at radius 1 is 0.596 bits per heavy atom. The Balaban J connectivity index is 1.24. The topological polar surface area (TPSA) is 126 Å². The van der Waals surface area contributed by atoms with Crippen LogP contribution in [0.3, 0.4) is 0 Å². The number of piperidine rings is 1. The quantitative estimate of drug-likeness (QED) is 0.0937. The lowest BCUT2D eigenvalue weighted by Gasteiger charge is -2.47. The van der Waals surface area contributed by atoms with Crippen LogP contribution in [-0.2, 0) is 69.4 Å². The normalized spacial score (nSPS) is 25.2. The Labute approximate surface area is 335 Å². The number of hydrogen-bond acceptors (Lipinski definition) is 10. The number of nitrogens with one attached hydrogen (secondary N) is 1. The number of rotatable bonds is 18. The van der Waals surface area contributed by atoms with Crippen LogP contribution in [0.1, 0.15) is 34.1 Å². The molecule has 0 spiro atoms. The highest BCUT2D eigenvalue weighted by Gasteiger charge is 2.51. The van der Waals surface area contributed by atoms with Crippen molar-refractivity contribution in [3.63, 3.8) is 0 Å². The average Bonchev–Trinajstić information content (AvgIpc) is 3.24. The van der Waals surface area contributed by atoms with Gasteiger partial charge < -0.3 is 37.9 Å². The molecule has 3 unspecified atom stereocenters. The predicted octanol–water partition coefficient (Wildman–Crippen LogP) is 5.19. The van der Waals surface area contributed by atoms with E-state index in [-0.39, 0.29) is 25.8 Å². The van der Waals surface area contributed by atoms with Gasteiger partial charge in [-0.2, -0.15) is 0 Å². The maximum Gasteiger partial charge on any atom is 0.218 e. The molecule has 2 heterocycles. The van der Waals surface area contributed by atoms with Crippen LogP contribution in [0.2, 0.25) is 0 Å². The number of ether oxygens (including phenoxy) is 6. The highest BCUT2D eigenvalue weighted by Crippen LogP contribution is 2.29. The van der Waals surface area contributed by atoms with E-state index in [0.717, 1.165) is 32.7 Å². The van der Waals surface area contributed by atoms with Crippen molar-refractivity contribution < 1.29 is 50.5 Å². The Kier molecular flexibility index (Phi) is 14.6. The van der Waals surface area contributed by atoms with Crippen LogP contribution < -0.4 is 4.90 Å². The first-order valence-corrected chi connectivity index (χ1v) is 20.6. The van der Waals surface area contributed by atoms with Gasteiger partial charge in [-0.05, 0) is 22.3 Å². The third-order valence-corrected chi connectivity index (χ3v) is 10.7. The molecule has 11 nitrogen and oxygen atoms in total. The third-order valence-electron chi connectivity index (χ3n) is 10.3. The largest absolute Gasteiger partial charge is 0.726 e. The van der Waals surface area contributed by atoms with Gasteiger partial charge in [-0.1, -0.05) is 152 Å². The van der Waals surface area contributed by atoms with E-state index in [9.17, 15) is 13.0 Å². The molecule has 300 valence electrons. The first kappa shape index (κ1) is 40.9. The molecule has 2 aliphatic rings. The van der Waals surface area contributed by atoms with E-state index in [1.807, 2.05) is 152 Å². The summed E-state index contributed by atoms with van der Waals surface area (Å²) >= 11 is 0. The molecule has 12 heteroatoms. The van der Waals surface area contributed by atoms with E-state index in [4.69, 9.17) is 32.6 Å². The van der Waals surface area contributed by atoms with Crippen molar-refractivity contribution in [1.29, 1.82) is 0 Å². The summed E-state index contributed by atoms with van der Waals surface area (Å²) in [5, 5.41) is 0. The van der Waals surface area contributed by atoms with Crippen LogP contribution in [0.4, 0.5) is 0 Å². The van der Waals surface area contributed by atoms with E-state index in [1.165, 1.54) is 0 Å². The molecule has 0 aromatic heterocycles. The fourth-order valence-corrected chi connectivity index (χ4v) is 7.92. The lowest BCUT2D eigenvalue weighted by atomic mass is 9.92. The van der Waals surface area contributed by atoms with Gasteiger partial charge in [0.1, 0.15) is 56.3 Å². The van der Waals surface area contributed by atoms with Crippen LogP contribution in [-0.4, -0.2) is 75.8 Å². The zero-order valence-corrected chi connectivity index (χ0v) is 32.4. The zero-order valence-electron chi connectivity index (χ0n) is 31.6. The molecular formula is C45H49NO10S. The highest BCUT2D eigenvalue weighted by molar-refractivity contribution is 7.80. The van der Waals surface area contributed by atoms with E-state index >= 15 is 0 Å². The first-order chi connectivity index (χ1) is 27.9. The van der Waals surface area contributed by atoms with Crippen molar-refractivity contribution in [3.8, 4) is 0 Å². The molecule has 2 saturated heterocycles. The molecule has 57 heavy (non-hydrogen) atoms. The minimum absolute atomic E-state index is 0.168. The van der Waals surface area contributed by atoms with Gasteiger partial charge >= 0.3 is 0 Å². The van der Waals surface area contributed by atoms with Gasteiger partial charge in [0.05, 0.1) is 33.0 Å². The Bertz CT molecular complexity index is 2010. The number of quaternary nitrogens is 1. The summed E-state index contributed by atoms with van der Waals surface area (Å²) in [4.78, 5) is 0.953. The second-order valence-electron chi connectivity index (χ2n) is 14.3. The summed E-state index contributed by atoms with van der Waals surface area (Å²) < 4.78 is 80.7. The number of likely N-dealkylation sites (tertiary alicyclic amines) is 1. The van der Waals surface area contributed by atoms with Gasteiger partial charge in [0.25, 0.3) is 0 Å². The van der Waals surface area contributed by atoms with Crippen molar-refractivity contribution in [1.82, 2.24) is 0 Å². The standard InChI is InChI=1S/C45H49NO10S/c47-57(48,49)56-42-33-54-45(38-24-14-5-15-25-38)55-40(42)26-46-27-41(51-29-35-18-8-2-9-19-35)44(53-31-37-22-12-4-13-23-37)43(52-30-36-20-10-3-11-21-36)39(46)32-50-28-34-16-6-1-7-17-34/h1-25,39-45H,26-33H2,(H,47,48,49)/t39-,40-,41+,42?,43-,44-,45?/m1/s1. The van der Waals surface area contributed by atoms with Crippen molar-refractivity contribution in [2.45, 2.75) is 69.3 Å². The molecule has 0 amide bonds. The molecule has 1 N–H and O–H groups in total. The van der Waals surface area contributed by atoms with Crippen LogP contribution in [0.15, 0.2) is 152 Å². The number of benzene rings is 5. The fraction of sp³-hybridized carbons (Fsp3) is 0.333. The second-order valence-corrected chi connectivity index (χ2v) is 15.3. The molecule has 5 aromatic rings. The van der Waals surface area contributed by atoms with Crippen molar-refractivity contribution >= 4 is 10.4 Å². The van der Waals surface area contributed by atoms with Crippen molar-refractivity contribution in [3.05, 3.63) is 179 Å². The van der Waals surface area contributed by atoms with Gasteiger partial charge in [-0.15, -0.1) is 0 Å². The minimum atomic E-state index is -5.09. The molecule has 2 aliphatic heterocycles. The molecule has 5 aromatic carbocycles. The lowest BCUT2D eigenvalue weighted by Crippen LogP contribution is -3.22. The molecule has 0 bridgehead atoms. The maximum atomic E-state index is 12.0. The smallest absolute Gasteiger partial charge is 0.218 e. The molecule has 0 saturated carbocycles. The fourth-order valence-electron chi connectivity index (χ4n) is 7.44. The van der Waals surface area contributed by atoms with Gasteiger partial charge in [0.15, 0.2) is 6.29 Å². The summed E-state index contributed by atoms with van der Waals surface area (Å²) in [6.07, 6.45) is -4.45. The lowest BCUT2D eigenvalue weighted by molar-refractivity contribution is -0.943. The average molecular weight is 796 g/mol. The van der Waals surface area contributed by atoms with E-state index in [0.29, 0.717) is 33.0 Å². The summed E-state index contributed by atoms with van der Waals surface area (Å²) in [6, 6.07) is 48.8. The Hall–Kier alpha value is -4.31. The van der Waals surface area contributed by atoms with E-state index < -0.39 is 47.2 Å². The van der Waals surface area contributed by atoms with Crippen LogP contribution in [0.25, 0.3) is 0 Å². The SMILES string of the molecule is O=S(=O)([O-])OC1COC(c2ccccc2)O[C@@H]1C[NH+]1C[C@H](OCc2ccccc2)[C@@H](OCc2ccccc2)[C@H](OCc2ccccc2)[C@H]1COCc1ccccc1. The Morgan fingerprint density at radius 2 is 1.07 bits per heavy atom. The summed E-state index contributed by atoms with van der Waals surface area (Å²) in [5.41, 5.74) is 4.78. The van der Waals surface area contributed by atoms with Crippen molar-refractivity contribution in [2.75, 3.05) is 26.3 Å². The highest BCUT2D eigenvalue weighted by atomic mass is 32.3. The Morgan fingerprint density at radius 3 is 1.60 bits per heavy atom. The van der Waals surface area contributed by atoms with Crippen molar-refractivity contribution in [2.24, 2.45) is 0 Å². The van der Waals surface area contributed by atoms with Crippen LogP contribution in [0, 0.1) is 0 Å². The molecule has 8 atom stereocenters. The first-order valence-electron chi connectivity index (χ1n) is 19.3. The molecule has 0 radical (unpaired) electrons. The number of hydrogen-bond donors (Lipinski definition) is 1. The molecule has 0 aliphatic carbocycles. The van der Waals surface area contributed by atoms with E-state index in [1.54, 1.807) is 0 Å². The minimum Gasteiger partial charge on any atom is -0.726 e. The second kappa shape index (κ2) is 20.4. The van der Waals surface area contributed by atoms with Crippen LogP contribution >= 0.6 is 0 Å². The summed E-state index contributed by atoms with van der Waals surface area (Å²) in [6.45, 7) is 2.05. The maximum absolute atomic E-state index is 12.0. The molecule has 7 rings (SSSR count). The molecular weight excluding hydrogens is 747 g/mol.